The Morgan fingerprint density at radius 1 is 1.21 bits per heavy atom. The smallest absolute Gasteiger partial charge is 0.258 e. The van der Waals surface area contributed by atoms with Gasteiger partial charge in [-0.25, -0.2) is 0 Å². The van der Waals surface area contributed by atoms with Crippen molar-refractivity contribution in [3.8, 4) is 11.5 Å². The molecule has 214 valence electrons. The van der Waals surface area contributed by atoms with Crippen LogP contribution in [0.1, 0.15) is 42.6 Å². The Bertz CT molecular complexity index is 1090. The van der Waals surface area contributed by atoms with E-state index in [1.807, 2.05) is 57.2 Å². The summed E-state index contributed by atoms with van der Waals surface area (Å²) in [5.74, 6) is 1.01. The second kappa shape index (κ2) is 14.3. The number of aliphatic hydroxyl groups is 1. The summed E-state index contributed by atoms with van der Waals surface area (Å²) in [6, 6.07) is 12.9. The zero-order chi connectivity index (χ0) is 28.5. The van der Waals surface area contributed by atoms with Crippen LogP contribution < -0.4 is 14.8 Å². The molecule has 1 heterocycles. The number of hydrogen-bond donors (Lipinski definition) is 2. The van der Waals surface area contributed by atoms with Crippen LogP contribution in [0.25, 0.3) is 0 Å². The van der Waals surface area contributed by atoms with Crippen molar-refractivity contribution in [1.29, 1.82) is 0 Å². The third kappa shape index (κ3) is 8.68. The van der Waals surface area contributed by atoms with Gasteiger partial charge in [-0.1, -0.05) is 19.1 Å². The SMILES string of the molecule is COc1ccc(CN(C)C[C@@H]2Oc3ccc(NC(=O)CCCN(C)C)cc3C(=O)N([C@H](C)CO)C[C@H]2C)cc1. The number of ether oxygens (including phenoxy) is 2. The minimum atomic E-state index is -0.354. The fourth-order valence-corrected chi connectivity index (χ4v) is 4.71. The van der Waals surface area contributed by atoms with Gasteiger partial charge in [0.15, 0.2) is 0 Å². The number of benzene rings is 2. The standard InChI is InChI=1S/C30H44N4O5/c1-21-17-34(22(2)20-35)30(37)26-16-24(31-29(36)8-7-15-32(3)4)11-14-27(26)39-28(21)19-33(5)18-23-9-12-25(38-6)13-10-23/h9-14,16,21-22,28,35H,7-8,15,17-20H2,1-6H3,(H,31,36)/t21-,22-,28+/m1/s1. The molecule has 1 aliphatic rings. The normalized spacial score (nSPS) is 18.3. The second-order valence-electron chi connectivity index (χ2n) is 10.8. The molecule has 0 aliphatic carbocycles. The molecule has 0 fully saturated rings. The number of amides is 2. The van der Waals surface area contributed by atoms with E-state index in [2.05, 4.69) is 17.1 Å². The van der Waals surface area contributed by atoms with Crippen LogP contribution in [-0.2, 0) is 11.3 Å². The second-order valence-corrected chi connectivity index (χ2v) is 10.8. The number of nitrogens with one attached hydrogen (secondary N) is 1. The number of likely N-dealkylation sites (N-methyl/N-ethyl adjacent to an activating group) is 1. The van der Waals surface area contributed by atoms with Gasteiger partial charge in [-0.3, -0.25) is 14.5 Å². The lowest BCUT2D eigenvalue weighted by molar-refractivity contribution is -0.116. The number of methoxy groups -OCH3 is 1. The first-order valence-electron chi connectivity index (χ1n) is 13.6. The number of carbonyl (C=O) groups excluding carboxylic acids is 2. The molecule has 2 aromatic rings. The Labute approximate surface area is 232 Å². The molecule has 0 radical (unpaired) electrons. The minimum absolute atomic E-state index is 0.0190. The molecular weight excluding hydrogens is 496 g/mol. The van der Waals surface area contributed by atoms with Crippen molar-refractivity contribution in [2.75, 3.05) is 59.8 Å². The molecule has 0 aromatic heterocycles. The number of hydrogen-bond acceptors (Lipinski definition) is 7. The topological polar surface area (TPSA) is 94.6 Å². The van der Waals surface area contributed by atoms with Gasteiger partial charge in [0.25, 0.3) is 5.91 Å². The molecule has 0 saturated carbocycles. The Kier molecular flexibility index (Phi) is 11.2. The maximum atomic E-state index is 13.6. The average Bonchev–Trinajstić information content (AvgIpc) is 2.90. The number of anilines is 1. The van der Waals surface area contributed by atoms with Crippen LogP contribution >= 0.6 is 0 Å². The Morgan fingerprint density at radius 2 is 1.92 bits per heavy atom. The molecule has 2 N–H and O–H groups in total. The van der Waals surface area contributed by atoms with Crippen LogP contribution in [0.15, 0.2) is 42.5 Å². The third-order valence-electron chi connectivity index (χ3n) is 7.06. The highest BCUT2D eigenvalue weighted by molar-refractivity contribution is 5.99. The van der Waals surface area contributed by atoms with Crippen LogP contribution in [0.4, 0.5) is 5.69 Å². The van der Waals surface area contributed by atoms with E-state index < -0.39 is 0 Å². The fraction of sp³-hybridized carbons (Fsp3) is 0.533. The van der Waals surface area contributed by atoms with Crippen LogP contribution in [0.5, 0.6) is 11.5 Å². The summed E-state index contributed by atoms with van der Waals surface area (Å²) in [5.41, 5.74) is 2.10. The van der Waals surface area contributed by atoms with Gasteiger partial charge in [0.05, 0.1) is 25.3 Å². The number of nitrogens with zero attached hydrogens (tertiary/aromatic N) is 3. The molecular formula is C30H44N4O5. The zero-order valence-electron chi connectivity index (χ0n) is 24.1. The van der Waals surface area contributed by atoms with Crippen LogP contribution in [0.3, 0.4) is 0 Å². The van der Waals surface area contributed by atoms with Crippen molar-refractivity contribution in [2.45, 2.75) is 45.4 Å². The first kappa shape index (κ1) is 30.4. The molecule has 0 saturated heterocycles. The van der Waals surface area contributed by atoms with Crippen molar-refractivity contribution < 1.29 is 24.2 Å². The van der Waals surface area contributed by atoms with Crippen molar-refractivity contribution in [3.63, 3.8) is 0 Å². The van der Waals surface area contributed by atoms with E-state index in [1.165, 1.54) is 0 Å². The predicted molar refractivity (Wildman–Crippen MR) is 153 cm³/mol. The quantitative estimate of drug-likeness (QED) is 0.427. The van der Waals surface area contributed by atoms with Crippen molar-refractivity contribution >= 4 is 17.5 Å². The zero-order valence-corrected chi connectivity index (χ0v) is 24.1. The van der Waals surface area contributed by atoms with Gasteiger partial charge < -0.3 is 29.7 Å². The highest BCUT2D eigenvalue weighted by atomic mass is 16.5. The van der Waals surface area contributed by atoms with Gasteiger partial charge in [0, 0.05) is 37.7 Å². The summed E-state index contributed by atoms with van der Waals surface area (Å²) in [7, 11) is 7.65. The molecule has 2 amide bonds. The Balaban J connectivity index is 1.80. The lowest BCUT2D eigenvalue weighted by Gasteiger charge is -2.38. The first-order chi connectivity index (χ1) is 18.6. The Hall–Kier alpha value is -3.14. The van der Waals surface area contributed by atoms with Gasteiger partial charge in [-0.05, 0) is 76.9 Å². The van der Waals surface area contributed by atoms with Gasteiger partial charge in [0.1, 0.15) is 17.6 Å². The molecule has 1 aliphatic heterocycles. The predicted octanol–water partition coefficient (Wildman–Crippen LogP) is 3.33. The lowest BCUT2D eigenvalue weighted by Crippen LogP contribution is -2.49. The van der Waals surface area contributed by atoms with Crippen LogP contribution in [-0.4, -0.2) is 98.3 Å². The summed E-state index contributed by atoms with van der Waals surface area (Å²) in [5, 5.41) is 12.8. The molecule has 3 rings (SSSR count). The molecule has 9 heteroatoms. The largest absolute Gasteiger partial charge is 0.497 e. The van der Waals surface area contributed by atoms with Gasteiger partial charge in [-0.15, -0.1) is 0 Å². The molecule has 9 nitrogen and oxygen atoms in total. The molecule has 3 atom stereocenters. The van der Waals surface area contributed by atoms with E-state index in [0.717, 1.165) is 30.8 Å². The summed E-state index contributed by atoms with van der Waals surface area (Å²) in [6.07, 6.45) is 0.949. The van der Waals surface area contributed by atoms with E-state index in [0.29, 0.717) is 36.5 Å². The van der Waals surface area contributed by atoms with Crippen LogP contribution in [0.2, 0.25) is 0 Å². The van der Waals surface area contributed by atoms with E-state index in [4.69, 9.17) is 9.47 Å². The molecule has 2 aromatic carbocycles. The molecule has 0 unspecified atom stereocenters. The summed E-state index contributed by atoms with van der Waals surface area (Å²) >= 11 is 0. The van der Waals surface area contributed by atoms with Gasteiger partial charge in [-0.2, -0.15) is 0 Å². The number of fused-ring (bicyclic) bond motifs is 1. The first-order valence-corrected chi connectivity index (χ1v) is 13.6. The molecule has 0 spiro atoms. The maximum Gasteiger partial charge on any atom is 0.258 e. The summed E-state index contributed by atoms with van der Waals surface area (Å²) < 4.78 is 11.8. The van der Waals surface area contributed by atoms with Crippen molar-refractivity contribution in [2.24, 2.45) is 5.92 Å². The molecule has 0 bridgehead atoms. The lowest BCUT2D eigenvalue weighted by atomic mass is 9.99. The van der Waals surface area contributed by atoms with E-state index in [1.54, 1.807) is 30.2 Å². The Morgan fingerprint density at radius 3 is 2.56 bits per heavy atom. The third-order valence-corrected chi connectivity index (χ3v) is 7.06. The van der Waals surface area contributed by atoms with Crippen LogP contribution in [0, 0.1) is 5.92 Å². The van der Waals surface area contributed by atoms with E-state index in [-0.39, 0.29) is 36.5 Å². The van der Waals surface area contributed by atoms with E-state index in [9.17, 15) is 14.7 Å². The highest BCUT2D eigenvalue weighted by Gasteiger charge is 2.33. The number of rotatable bonds is 12. The van der Waals surface area contributed by atoms with E-state index >= 15 is 0 Å². The number of carbonyl (C=O) groups is 2. The number of aliphatic hydroxyl groups excluding tert-OH is 1. The van der Waals surface area contributed by atoms with Crippen molar-refractivity contribution in [1.82, 2.24) is 14.7 Å². The monoisotopic (exact) mass is 540 g/mol. The van der Waals surface area contributed by atoms with Crippen molar-refractivity contribution in [3.05, 3.63) is 53.6 Å². The summed E-state index contributed by atoms with van der Waals surface area (Å²) in [4.78, 5) is 32.1. The molecule has 39 heavy (non-hydrogen) atoms. The highest BCUT2D eigenvalue weighted by Crippen LogP contribution is 2.31. The minimum Gasteiger partial charge on any atom is -0.497 e. The fourth-order valence-electron chi connectivity index (χ4n) is 4.71. The van der Waals surface area contributed by atoms with Gasteiger partial charge >= 0.3 is 0 Å². The van der Waals surface area contributed by atoms with Gasteiger partial charge in [0.2, 0.25) is 5.91 Å². The maximum absolute atomic E-state index is 13.6. The average molecular weight is 541 g/mol. The summed E-state index contributed by atoms with van der Waals surface area (Å²) in [6.45, 7) is 6.42.